The summed E-state index contributed by atoms with van der Waals surface area (Å²) in [6, 6.07) is 18.5. The van der Waals surface area contributed by atoms with Crippen molar-refractivity contribution in [2.24, 2.45) is 22.5 Å². The van der Waals surface area contributed by atoms with E-state index in [2.05, 4.69) is 10.6 Å². The van der Waals surface area contributed by atoms with Gasteiger partial charge in [-0.1, -0.05) is 113 Å². The van der Waals surface area contributed by atoms with Gasteiger partial charge in [-0.15, -0.1) is 0 Å². The van der Waals surface area contributed by atoms with Crippen molar-refractivity contribution in [1.82, 2.24) is 10.6 Å². The maximum atomic E-state index is 12.3. The molecule has 6 atom stereocenters. The zero-order valence-corrected chi connectivity index (χ0v) is 37.4. The van der Waals surface area contributed by atoms with Crippen molar-refractivity contribution >= 4 is 30.1 Å². The molecule has 4 N–H and O–H groups in total. The van der Waals surface area contributed by atoms with Crippen LogP contribution in [-0.4, -0.2) is 69.5 Å². The molecule has 0 aliphatic heterocycles. The van der Waals surface area contributed by atoms with Gasteiger partial charge in [0.25, 0.3) is 0 Å². The SMILES string of the molecule is CC[C@@]1(C(=O)OC)CCCC[C@@H]1N.CC[C@@]1(C(=O)OC)CCCC[C@@H]1NC(=O)OCc1ccccc1.COC(=O)[C@H]1CCCC[C@@H]1NC(=O)OCc1ccccc1.[CH3-].[Pd]. The first-order chi connectivity index (χ1) is 27.5. The third kappa shape index (κ3) is 15.5. The summed E-state index contributed by atoms with van der Waals surface area (Å²) in [6.07, 6.45) is 11.5. The van der Waals surface area contributed by atoms with E-state index in [0.717, 1.165) is 94.6 Å². The van der Waals surface area contributed by atoms with Crippen LogP contribution >= 0.6 is 0 Å². The standard InChI is InChI=1S/C18H25NO4.C16H21NO4.C10H19NO2.CH3.Pd/c1-3-18(16(20)22-2)12-8-7-11-15(18)19-17(21)23-13-14-9-5-4-6-10-14;1-20-15(18)13-9-5-6-10-14(13)17-16(19)21-11-12-7-3-2-4-8-12;1-3-10(9(12)13-2)7-5-4-6-8(10)11;;/h4-6,9-10,15H,3,7-8,11-13H2,1-2H3,(H,19,21);2-4,7-8,13-14H,5-6,9-11H2,1H3,(H,17,19);8H,3-7,11H2,1-2H3;1H3;/q;;;-1;/t15-,18+;13-,14-;8-,10+;;/m000../s1. The zero-order chi connectivity index (χ0) is 41.7. The molecule has 3 saturated carbocycles. The molecule has 13 nitrogen and oxygen atoms in total. The Labute approximate surface area is 365 Å². The number of ether oxygens (including phenoxy) is 5. The molecular weight excluding hydrogens is 849 g/mol. The molecule has 3 aliphatic carbocycles. The first-order valence-corrected chi connectivity index (χ1v) is 20.4. The summed E-state index contributed by atoms with van der Waals surface area (Å²) in [5.74, 6) is -0.897. The van der Waals surface area contributed by atoms with Gasteiger partial charge in [-0.3, -0.25) is 14.4 Å². The fraction of sp³-hybridized carbons (Fsp3) is 0.600. The van der Waals surface area contributed by atoms with Gasteiger partial charge in [0.15, 0.2) is 0 Å². The molecule has 3 aliphatic rings. The molecular formula is C45H68N3O10Pd-. The minimum absolute atomic E-state index is 0. The smallest absolute Gasteiger partial charge is 0.407 e. The fourth-order valence-electron chi connectivity index (χ4n) is 8.33. The molecule has 14 heteroatoms. The molecule has 5 rings (SSSR count). The first kappa shape index (κ1) is 53.0. The number of amides is 2. The van der Waals surface area contributed by atoms with Crippen molar-refractivity contribution in [2.75, 3.05) is 21.3 Å². The van der Waals surface area contributed by atoms with Crippen molar-refractivity contribution in [3.63, 3.8) is 0 Å². The summed E-state index contributed by atoms with van der Waals surface area (Å²) in [5.41, 5.74) is 6.83. The van der Waals surface area contributed by atoms with Gasteiger partial charge in [0.1, 0.15) is 13.2 Å². The van der Waals surface area contributed by atoms with E-state index in [-0.39, 0.29) is 83.0 Å². The van der Waals surface area contributed by atoms with Crippen molar-refractivity contribution in [2.45, 2.75) is 135 Å². The minimum atomic E-state index is -0.640. The summed E-state index contributed by atoms with van der Waals surface area (Å²) in [6.45, 7) is 4.42. The van der Waals surface area contributed by atoms with Crippen molar-refractivity contribution in [3.05, 3.63) is 79.2 Å². The largest absolute Gasteiger partial charge is 0.469 e. The number of alkyl carbamates (subject to hydrolysis) is 2. The van der Waals surface area contributed by atoms with E-state index in [1.807, 2.05) is 74.5 Å². The van der Waals surface area contributed by atoms with E-state index >= 15 is 0 Å². The average Bonchev–Trinajstić information content (AvgIpc) is 3.26. The molecule has 0 bridgehead atoms. The monoisotopic (exact) mass is 916 g/mol. The molecule has 2 aromatic rings. The summed E-state index contributed by atoms with van der Waals surface area (Å²) in [7, 11) is 4.22. The van der Waals surface area contributed by atoms with Gasteiger partial charge in [-0.25, -0.2) is 9.59 Å². The number of benzene rings is 2. The number of hydrogen-bond donors (Lipinski definition) is 3. The van der Waals surface area contributed by atoms with Crippen molar-refractivity contribution in [3.8, 4) is 0 Å². The number of methoxy groups -OCH3 is 3. The van der Waals surface area contributed by atoms with Gasteiger partial charge in [-0.2, -0.15) is 0 Å². The number of nitrogens with two attached hydrogens (primary N) is 1. The molecule has 0 radical (unpaired) electrons. The molecule has 334 valence electrons. The van der Waals surface area contributed by atoms with Gasteiger partial charge in [-0.05, 0) is 62.5 Å². The normalized spacial score (nSPS) is 24.4. The Hall–Kier alpha value is -3.99. The van der Waals surface area contributed by atoms with Crippen LogP contribution in [0.4, 0.5) is 9.59 Å². The Bertz CT molecular complexity index is 1550. The molecule has 0 unspecified atom stereocenters. The number of hydrogen-bond acceptors (Lipinski definition) is 11. The van der Waals surface area contributed by atoms with E-state index in [1.165, 1.54) is 21.3 Å². The van der Waals surface area contributed by atoms with E-state index in [9.17, 15) is 24.0 Å². The van der Waals surface area contributed by atoms with Gasteiger partial charge >= 0.3 is 30.1 Å². The van der Waals surface area contributed by atoms with E-state index in [4.69, 9.17) is 29.4 Å². The molecule has 2 aromatic carbocycles. The molecule has 2 amide bonds. The Morgan fingerprint density at radius 1 is 0.627 bits per heavy atom. The summed E-state index contributed by atoms with van der Waals surface area (Å²) in [4.78, 5) is 59.6. The Morgan fingerprint density at radius 3 is 1.58 bits per heavy atom. The van der Waals surface area contributed by atoms with Crippen LogP contribution in [-0.2, 0) is 71.7 Å². The number of carbonyl (C=O) groups is 5. The third-order valence-electron chi connectivity index (χ3n) is 11.9. The average molecular weight is 917 g/mol. The first-order valence-electron chi connectivity index (χ1n) is 20.4. The minimum Gasteiger partial charge on any atom is -0.469 e. The molecule has 0 spiro atoms. The quantitative estimate of drug-likeness (QED) is 0.0861. The maximum absolute atomic E-state index is 12.3. The second-order valence-electron chi connectivity index (χ2n) is 15.1. The Morgan fingerprint density at radius 2 is 1.08 bits per heavy atom. The fourth-order valence-corrected chi connectivity index (χ4v) is 8.33. The predicted octanol–water partition coefficient (Wildman–Crippen LogP) is 7.97. The Balaban J connectivity index is 0.000000451. The number of rotatable bonds is 11. The molecule has 0 heterocycles. The topological polar surface area (TPSA) is 182 Å². The molecule has 3 fully saturated rings. The molecule has 59 heavy (non-hydrogen) atoms. The molecule has 0 saturated heterocycles. The number of esters is 3. The maximum Gasteiger partial charge on any atom is 0.407 e. The van der Waals surface area contributed by atoms with Crippen LogP contribution < -0.4 is 16.4 Å². The summed E-state index contributed by atoms with van der Waals surface area (Å²) < 4.78 is 25.1. The van der Waals surface area contributed by atoms with E-state index < -0.39 is 23.0 Å². The number of nitrogens with one attached hydrogen (secondary N) is 2. The van der Waals surface area contributed by atoms with Gasteiger partial charge in [0, 0.05) is 38.5 Å². The van der Waals surface area contributed by atoms with Gasteiger partial charge in [0.05, 0.1) is 38.1 Å². The van der Waals surface area contributed by atoms with Crippen molar-refractivity contribution < 1.29 is 68.1 Å². The second-order valence-corrected chi connectivity index (χ2v) is 15.1. The van der Waals surface area contributed by atoms with Crippen LogP contribution in [0.5, 0.6) is 0 Å². The van der Waals surface area contributed by atoms with E-state index in [1.54, 1.807) is 0 Å². The van der Waals surface area contributed by atoms with Gasteiger partial charge in [0.2, 0.25) is 0 Å². The van der Waals surface area contributed by atoms with Crippen LogP contribution in [0.2, 0.25) is 0 Å². The van der Waals surface area contributed by atoms with E-state index in [0.29, 0.717) is 6.42 Å². The Kier molecular flexibility index (Phi) is 24.9. The van der Waals surface area contributed by atoms with Crippen molar-refractivity contribution in [1.29, 1.82) is 0 Å². The second kappa shape index (κ2) is 27.7. The number of carbonyl (C=O) groups excluding carboxylic acids is 5. The predicted molar refractivity (Wildman–Crippen MR) is 222 cm³/mol. The van der Waals surface area contributed by atoms with Crippen LogP contribution in [0.1, 0.15) is 115 Å². The van der Waals surface area contributed by atoms with Crippen LogP contribution in [0.3, 0.4) is 0 Å². The zero-order valence-electron chi connectivity index (χ0n) is 35.9. The summed E-state index contributed by atoms with van der Waals surface area (Å²) in [5, 5.41) is 5.68. The summed E-state index contributed by atoms with van der Waals surface area (Å²) >= 11 is 0. The van der Waals surface area contributed by atoms with Crippen LogP contribution in [0, 0.1) is 24.2 Å². The third-order valence-corrected chi connectivity index (χ3v) is 11.9. The van der Waals surface area contributed by atoms with Crippen LogP contribution in [0.25, 0.3) is 0 Å². The van der Waals surface area contributed by atoms with Gasteiger partial charge < -0.3 is 47.5 Å². The molecule has 0 aromatic heterocycles. The van der Waals surface area contributed by atoms with Crippen LogP contribution in [0.15, 0.2) is 60.7 Å².